The summed E-state index contributed by atoms with van der Waals surface area (Å²) in [5, 5.41) is 2.81. The first-order chi connectivity index (χ1) is 11.0. The van der Waals surface area contributed by atoms with Crippen molar-refractivity contribution >= 4 is 32.5 Å². The maximum absolute atomic E-state index is 13.0. The third kappa shape index (κ3) is 2.00. The molecule has 4 aromatic rings. The minimum Gasteiger partial charge on any atom is -0.451 e. The number of fused-ring (bicyclic) bond motifs is 6. The summed E-state index contributed by atoms with van der Waals surface area (Å²) in [6.07, 6.45) is -4.71. The maximum atomic E-state index is 13.0. The number of benzene rings is 3. The molecule has 0 atom stereocenters. The average molecular weight is 314 g/mol. The molecule has 0 aliphatic carbocycles. The Labute approximate surface area is 127 Å². The molecule has 0 spiro atoms. The zero-order valence-electron chi connectivity index (χ0n) is 11.6. The van der Waals surface area contributed by atoms with E-state index in [4.69, 9.17) is 4.42 Å². The molecule has 1 heterocycles. The van der Waals surface area contributed by atoms with Crippen LogP contribution in [0.4, 0.5) is 13.2 Å². The molecule has 2 nitrogen and oxygen atoms in total. The molecule has 3 aromatic carbocycles. The van der Waals surface area contributed by atoms with Crippen LogP contribution in [0.2, 0.25) is 0 Å². The van der Waals surface area contributed by atoms with Gasteiger partial charge in [0.25, 0.3) is 0 Å². The highest BCUT2D eigenvalue weighted by atomic mass is 19.4. The molecule has 0 bridgehead atoms. The zero-order valence-corrected chi connectivity index (χ0v) is 11.6. The summed E-state index contributed by atoms with van der Waals surface area (Å²) in [6.45, 7) is 0. The second kappa shape index (κ2) is 4.59. The second-order valence-corrected chi connectivity index (χ2v) is 5.27. The van der Waals surface area contributed by atoms with Crippen LogP contribution in [0, 0.1) is 0 Å². The van der Waals surface area contributed by atoms with Gasteiger partial charge in [-0.15, -0.1) is 0 Å². The van der Waals surface area contributed by atoms with Crippen molar-refractivity contribution in [3.63, 3.8) is 0 Å². The quantitative estimate of drug-likeness (QED) is 0.422. The first-order valence-corrected chi connectivity index (χ1v) is 6.91. The van der Waals surface area contributed by atoms with Gasteiger partial charge in [-0.1, -0.05) is 48.5 Å². The Balaban J connectivity index is 2.35. The largest absolute Gasteiger partial charge is 0.451 e. The Morgan fingerprint density at radius 3 is 1.91 bits per heavy atom. The van der Waals surface area contributed by atoms with Gasteiger partial charge < -0.3 is 4.42 Å². The van der Waals surface area contributed by atoms with Crippen molar-refractivity contribution in [3.8, 4) is 0 Å². The van der Waals surface area contributed by atoms with Gasteiger partial charge in [-0.2, -0.15) is 13.2 Å². The Hall–Kier alpha value is -2.82. The van der Waals surface area contributed by atoms with Crippen LogP contribution in [-0.2, 0) is 6.18 Å². The third-order valence-corrected chi connectivity index (χ3v) is 3.89. The van der Waals surface area contributed by atoms with E-state index in [0.717, 1.165) is 10.8 Å². The van der Waals surface area contributed by atoms with E-state index in [2.05, 4.69) is 0 Å². The zero-order chi connectivity index (χ0) is 16.2. The summed E-state index contributed by atoms with van der Waals surface area (Å²) in [7, 11) is 0. The molecule has 23 heavy (non-hydrogen) atoms. The van der Waals surface area contributed by atoms with Crippen molar-refractivity contribution in [2.75, 3.05) is 0 Å². The van der Waals surface area contributed by atoms with E-state index >= 15 is 0 Å². The molecule has 0 N–H and O–H groups in total. The topological polar surface area (TPSA) is 30.2 Å². The molecule has 0 aliphatic rings. The van der Waals surface area contributed by atoms with Gasteiger partial charge in [0.15, 0.2) is 5.43 Å². The van der Waals surface area contributed by atoms with Gasteiger partial charge in [-0.05, 0) is 16.2 Å². The van der Waals surface area contributed by atoms with Crippen molar-refractivity contribution in [2.45, 2.75) is 6.18 Å². The molecule has 0 amide bonds. The van der Waals surface area contributed by atoms with Crippen molar-refractivity contribution in [3.05, 3.63) is 70.6 Å². The van der Waals surface area contributed by atoms with Crippen LogP contribution in [0.25, 0.3) is 32.5 Å². The van der Waals surface area contributed by atoms with Gasteiger partial charge in [0.2, 0.25) is 5.76 Å². The number of rotatable bonds is 0. The minimum absolute atomic E-state index is 0.0286. The normalized spacial score (nSPS) is 12.3. The molecular weight excluding hydrogens is 305 g/mol. The smallest absolute Gasteiger partial charge is 0.449 e. The highest BCUT2D eigenvalue weighted by Gasteiger charge is 2.35. The van der Waals surface area contributed by atoms with E-state index in [1.54, 1.807) is 36.4 Å². The average Bonchev–Trinajstić information content (AvgIpc) is 2.54. The molecule has 4 rings (SSSR count). The molecule has 0 aliphatic heterocycles. The Morgan fingerprint density at radius 2 is 1.30 bits per heavy atom. The summed E-state index contributed by atoms with van der Waals surface area (Å²) < 4.78 is 44.0. The lowest BCUT2D eigenvalue weighted by atomic mass is 9.97. The number of halogens is 3. The van der Waals surface area contributed by atoms with E-state index in [9.17, 15) is 18.0 Å². The molecule has 0 unspecified atom stereocenters. The maximum Gasteiger partial charge on any atom is 0.449 e. The second-order valence-electron chi connectivity index (χ2n) is 5.27. The lowest BCUT2D eigenvalue weighted by Crippen LogP contribution is -2.11. The van der Waals surface area contributed by atoms with Crippen molar-refractivity contribution < 1.29 is 17.6 Å². The van der Waals surface area contributed by atoms with Crippen LogP contribution in [0.15, 0.2) is 63.8 Å². The lowest BCUT2D eigenvalue weighted by Gasteiger charge is -2.11. The van der Waals surface area contributed by atoms with E-state index < -0.39 is 17.4 Å². The Bertz CT molecular complexity index is 1120. The van der Waals surface area contributed by atoms with E-state index in [1.807, 2.05) is 12.1 Å². The SMILES string of the molecule is O=c1cc(C(F)(F)F)oc2c3ccccc3c3ccccc3c12. The van der Waals surface area contributed by atoms with E-state index in [0.29, 0.717) is 16.8 Å². The van der Waals surface area contributed by atoms with Gasteiger partial charge in [-0.3, -0.25) is 4.79 Å². The van der Waals surface area contributed by atoms with E-state index in [-0.39, 0.29) is 11.0 Å². The predicted octanol–water partition coefficient (Wildman–Crippen LogP) is 5.12. The van der Waals surface area contributed by atoms with E-state index in [1.165, 1.54) is 0 Å². The minimum atomic E-state index is -4.71. The summed E-state index contributed by atoms with van der Waals surface area (Å²) in [5.41, 5.74) is -0.723. The third-order valence-electron chi connectivity index (χ3n) is 3.89. The summed E-state index contributed by atoms with van der Waals surface area (Å²) in [5.74, 6) is -1.28. The van der Waals surface area contributed by atoms with Crippen molar-refractivity contribution in [1.82, 2.24) is 0 Å². The summed E-state index contributed by atoms with van der Waals surface area (Å²) >= 11 is 0. The van der Waals surface area contributed by atoms with Crippen molar-refractivity contribution in [2.24, 2.45) is 0 Å². The standard InChI is InChI=1S/C18H9F3O2/c19-18(20,21)15-9-14(22)16-12-7-3-1-5-10(12)11-6-2-4-8-13(11)17(16)23-15/h1-9H. The fourth-order valence-electron chi connectivity index (χ4n) is 2.93. The number of hydrogen-bond donors (Lipinski definition) is 0. The molecule has 0 radical (unpaired) electrons. The fourth-order valence-corrected chi connectivity index (χ4v) is 2.93. The van der Waals surface area contributed by atoms with Crippen LogP contribution in [0.3, 0.4) is 0 Å². The monoisotopic (exact) mass is 314 g/mol. The molecule has 1 aromatic heterocycles. The van der Waals surface area contributed by atoms with Gasteiger partial charge >= 0.3 is 6.18 Å². The molecule has 114 valence electrons. The lowest BCUT2D eigenvalue weighted by molar-refractivity contribution is -0.152. The van der Waals surface area contributed by atoms with Crippen molar-refractivity contribution in [1.29, 1.82) is 0 Å². The molecular formula is C18H9F3O2. The highest BCUT2D eigenvalue weighted by molar-refractivity contribution is 6.23. The van der Waals surface area contributed by atoms with Crippen LogP contribution in [0.1, 0.15) is 5.76 Å². The first-order valence-electron chi connectivity index (χ1n) is 6.91. The van der Waals surface area contributed by atoms with Gasteiger partial charge in [-0.25, -0.2) is 0 Å². The van der Waals surface area contributed by atoms with Crippen LogP contribution >= 0.6 is 0 Å². The van der Waals surface area contributed by atoms with Gasteiger partial charge in [0.1, 0.15) is 5.58 Å². The van der Waals surface area contributed by atoms with Crippen LogP contribution in [-0.4, -0.2) is 0 Å². The fraction of sp³-hybridized carbons (Fsp3) is 0.0556. The summed E-state index contributed by atoms with van der Waals surface area (Å²) in [6, 6.07) is 14.6. The molecule has 0 fully saturated rings. The molecule has 5 heteroatoms. The Kier molecular flexibility index (Phi) is 2.75. The molecule has 0 saturated heterocycles. The number of hydrogen-bond acceptors (Lipinski definition) is 2. The predicted molar refractivity (Wildman–Crippen MR) is 82.5 cm³/mol. The van der Waals surface area contributed by atoms with Gasteiger partial charge in [0, 0.05) is 11.5 Å². The molecule has 0 saturated carbocycles. The van der Waals surface area contributed by atoms with Crippen LogP contribution < -0.4 is 5.43 Å². The highest BCUT2D eigenvalue weighted by Crippen LogP contribution is 2.36. The number of alkyl halides is 3. The van der Waals surface area contributed by atoms with Crippen LogP contribution in [0.5, 0.6) is 0 Å². The summed E-state index contributed by atoms with van der Waals surface area (Å²) in [4.78, 5) is 12.3. The first kappa shape index (κ1) is 13.8. The Morgan fingerprint density at radius 1 is 0.783 bits per heavy atom. The van der Waals surface area contributed by atoms with Gasteiger partial charge in [0.05, 0.1) is 5.39 Å².